The molecule has 0 aliphatic heterocycles. The molecule has 0 aromatic heterocycles. The summed E-state index contributed by atoms with van der Waals surface area (Å²) in [4.78, 5) is 0. The zero-order valence-electron chi connectivity index (χ0n) is 9.58. The minimum absolute atomic E-state index is 0.338. The third-order valence-electron chi connectivity index (χ3n) is 2.56. The van der Waals surface area contributed by atoms with E-state index >= 15 is 0 Å². The Morgan fingerprint density at radius 1 is 0.875 bits per heavy atom. The van der Waals surface area contributed by atoms with Crippen LogP contribution in [-0.4, -0.2) is 5.11 Å². The van der Waals surface area contributed by atoms with Crippen LogP contribution in [0.5, 0.6) is 5.75 Å². The molecule has 1 aromatic rings. The second kappa shape index (κ2) is 5.96. The molecule has 16 heavy (non-hydrogen) atoms. The van der Waals surface area contributed by atoms with Crippen LogP contribution in [0.2, 0.25) is 0 Å². The van der Waals surface area contributed by atoms with Crippen molar-refractivity contribution in [2.75, 3.05) is 0 Å². The first-order chi connectivity index (χ1) is 7.74. The van der Waals surface area contributed by atoms with Crippen molar-refractivity contribution in [2.24, 2.45) is 0 Å². The largest absolute Gasteiger partial charge is 0.508 e. The molecule has 0 saturated carbocycles. The maximum absolute atomic E-state index is 9.83. The number of hydrogen-bond acceptors (Lipinski definition) is 1. The molecule has 0 fully saturated rings. The second-order valence-electron chi connectivity index (χ2n) is 3.68. The van der Waals surface area contributed by atoms with E-state index in [9.17, 15) is 5.11 Å². The number of hydrogen-bond donors (Lipinski definition) is 1. The number of phenolic OH excluding ortho intramolecular Hbond substituents is 1. The molecule has 84 valence electrons. The summed E-state index contributed by atoms with van der Waals surface area (Å²) in [5.41, 5.74) is 3.30. The molecule has 1 N–H and O–H groups in total. The van der Waals surface area contributed by atoms with Crippen LogP contribution in [0.1, 0.15) is 16.7 Å². The average Bonchev–Trinajstić information content (AvgIpc) is 2.27. The van der Waals surface area contributed by atoms with Crippen molar-refractivity contribution in [2.45, 2.75) is 19.3 Å². The highest BCUT2D eigenvalue weighted by Gasteiger charge is 2.09. The molecule has 0 saturated heterocycles. The van der Waals surface area contributed by atoms with Crippen LogP contribution in [0.15, 0.2) is 50.1 Å². The van der Waals surface area contributed by atoms with E-state index in [1.165, 1.54) is 5.56 Å². The third-order valence-corrected chi connectivity index (χ3v) is 2.56. The molecular formula is C15H18O. The summed E-state index contributed by atoms with van der Waals surface area (Å²) in [7, 11) is 0. The van der Waals surface area contributed by atoms with Crippen molar-refractivity contribution < 1.29 is 5.11 Å². The standard InChI is InChI=1S/C15H18O/c1-4-7-12-10-11-15(16)14(9-6-3)13(12)8-5-2/h4-6,10-11,16H,1-3,7-9H2. The van der Waals surface area contributed by atoms with Crippen LogP contribution in [-0.2, 0) is 19.3 Å². The summed E-state index contributed by atoms with van der Waals surface area (Å²) in [6, 6.07) is 3.69. The van der Waals surface area contributed by atoms with Gasteiger partial charge in [0.15, 0.2) is 0 Å². The van der Waals surface area contributed by atoms with Crippen molar-refractivity contribution in [1.29, 1.82) is 0 Å². The predicted octanol–water partition coefficient (Wildman–Crippen LogP) is 3.58. The lowest BCUT2D eigenvalue weighted by molar-refractivity contribution is 0.468. The van der Waals surface area contributed by atoms with E-state index < -0.39 is 0 Å². The Morgan fingerprint density at radius 2 is 1.44 bits per heavy atom. The molecule has 0 radical (unpaired) electrons. The molecule has 0 bridgehead atoms. The Labute approximate surface area is 97.4 Å². The maximum Gasteiger partial charge on any atom is 0.119 e. The molecule has 1 aromatic carbocycles. The minimum Gasteiger partial charge on any atom is -0.508 e. The van der Waals surface area contributed by atoms with E-state index in [0.717, 1.165) is 24.0 Å². The highest BCUT2D eigenvalue weighted by Crippen LogP contribution is 2.26. The molecule has 1 nitrogen and oxygen atoms in total. The first-order valence-electron chi connectivity index (χ1n) is 5.39. The molecule has 0 heterocycles. The molecule has 0 spiro atoms. The first kappa shape index (κ1) is 12.3. The van der Waals surface area contributed by atoms with Gasteiger partial charge < -0.3 is 5.11 Å². The van der Waals surface area contributed by atoms with E-state index in [0.29, 0.717) is 12.2 Å². The highest BCUT2D eigenvalue weighted by molar-refractivity contribution is 5.47. The van der Waals surface area contributed by atoms with Crippen LogP contribution in [0.4, 0.5) is 0 Å². The van der Waals surface area contributed by atoms with Gasteiger partial charge in [-0.05, 0) is 36.5 Å². The van der Waals surface area contributed by atoms with Crippen LogP contribution in [0, 0.1) is 0 Å². The monoisotopic (exact) mass is 214 g/mol. The molecule has 1 rings (SSSR count). The number of benzene rings is 1. The van der Waals surface area contributed by atoms with Gasteiger partial charge in [0.25, 0.3) is 0 Å². The van der Waals surface area contributed by atoms with Gasteiger partial charge in [-0.25, -0.2) is 0 Å². The van der Waals surface area contributed by atoms with Crippen LogP contribution < -0.4 is 0 Å². The van der Waals surface area contributed by atoms with E-state index in [4.69, 9.17) is 0 Å². The normalized spacial score (nSPS) is 9.75. The van der Waals surface area contributed by atoms with Gasteiger partial charge in [-0.15, -0.1) is 19.7 Å². The van der Waals surface area contributed by atoms with Gasteiger partial charge in [-0.1, -0.05) is 24.3 Å². The Bertz CT molecular complexity index is 402. The second-order valence-corrected chi connectivity index (χ2v) is 3.68. The van der Waals surface area contributed by atoms with Gasteiger partial charge in [-0.3, -0.25) is 0 Å². The highest BCUT2D eigenvalue weighted by atomic mass is 16.3. The predicted molar refractivity (Wildman–Crippen MR) is 69.8 cm³/mol. The number of rotatable bonds is 6. The summed E-state index contributed by atoms with van der Waals surface area (Å²) in [5, 5.41) is 9.83. The topological polar surface area (TPSA) is 20.2 Å². The van der Waals surface area contributed by atoms with Crippen LogP contribution in [0.3, 0.4) is 0 Å². The Hall–Kier alpha value is -1.76. The number of phenols is 1. The first-order valence-corrected chi connectivity index (χ1v) is 5.39. The van der Waals surface area contributed by atoms with Crippen molar-refractivity contribution >= 4 is 0 Å². The molecule has 0 aliphatic rings. The fourth-order valence-electron chi connectivity index (χ4n) is 1.85. The molecule has 0 amide bonds. The van der Waals surface area contributed by atoms with Gasteiger partial charge >= 0.3 is 0 Å². The number of aromatic hydroxyl groups is 1. The molecular weight excluding hydrogens is 196 g/mol. The van der Waals surface area contributed by atoms with E-state index in [2.05, 4.69) is 19.7 Å². The smallest absolute Gasteiger partial charge is 0.119 e. The maximum atomic E-state index is 9.83. The fourth-order valence-corrected chi connectivity index (χ4v) is 1.85. The number of allylic oxidation sites excluding steroid dienone is 3. The third kappa shape index (κ3) is 2.63. The van der Waals surface area contributed by atoms with Crippen molar-refractivity contribution in [3.8, 4) is 5.75 Å². The lowest BCUT2D eigenvalue weighted by Gasteiger charge is -2.13. The summed E-state index contributed by atoms with van der Waals surface area (Å²) in [5.74, 6) is 0.338. The summed E-state index contributed by atoms with van der Waals surface area (Å²) in [6.45, 7) is 11.2. The minimum atomic E-state index is 0.338. The van der Waals surface area contributed by atoms with Crippen molar-refractivity contribution in [1.82, 2.24) is 0 Å². The van der Waals surface area contributed by atoms with Gasteiger partial charge in [0.05, 0.1) is 0 Å². The zero-order chi connectivity index (χ0) is 12.0. The SMILES string of the molecule is C=CCc1ccc(O)c(CC=C)c1CC=C. The molecule has 0 unspecified atom stereocenters. The van der Waals surface area contributed by atoms with Crippen LogP contribution >= 0.6 is 0 Å². The summed E-state index contributed by atoms with van der Waals surface area (Å²) in [6.07, 6.45) is 7.79. The lowest BCUT2D eigenvalue weighted by Crippen LogP contribution is -1.99. The Kier molecular flexibility index (Phi) is 4.59. The summed E-state index contributed by atoms with van der Waals surface area (Å²) >= 11 is 0. The quantitative estimate of drug-likeness (QED) is 0.718. The van der Waals surface area contributed by atoms with E-state index in [-0.39, 0.29) is 0 Å². The average molecular weight is 214 g/mol. The Morgan fingerprint density at radius 3 is 2.00 bits per heavy atom. The van der Waals surface area contributed by atoms with Crippen molar-refractivity contribution in [3.05, 3.63) is 66.8 Å². The fraction of sp³-hybridized carbons (Fsp3) is 0.200. The van der Waals surface area contributed by atoms with Crippen LogP contribution in [0.25, 0.3) is 0 Å². The Balaban J connectivity index is 3.28. The molecule has 0 aliphatic carbocycles. The summed E-state index contributed by atoms with van der Waals surface area (Å²) < 4.78 is 0. The zero-order valence-corrected chi connectivity index (χ0v) is 9.58. The van der Waals surface area contributed by atoms with Gasteiger partial charge in [0.2, 0.25) is 0 Å². The lowest BCUT2D eigenvalue weighted by atomic mass is 9.93. The van der Waals surface area contributed by atoms with Gasteiger partial charge in [0.1, 0.15) is 5.75 Å². The van der Waals surface area contributed by atoms with Gasteiger partial charge in [-0.2, -0.15) is 0 Å². The van der Waals surface area contributed by atoms with E-state index in [1.54, 1.807) is 12.1 Å². The molecule has 1 heteroatoms. The van der Waals surface area contributed by atoms with E-state index in [1.807, 2.05) is 18.2 Å². The molecule has 0 atom stereocenters. The van der Waals surface area contributed by atoms with Crippen molar-refractivity contribution in [3.63, 3.8) is 0 Å². The van der Waals surface area contributed by atoms with Gasteiger partial charge in [0, 0.05) is 5.56 Å².